The number of methoxy groups -OCH3 is 1. The van der Waals surface area contributed by atoms with E-state index in [-0.39, 0.29) is 29.9 Å². The van der Waals surface area contributed by atoms with Gasteiger partial charge in [0, 0.05) is 45.4 Å². The number of carbonyl (C=O) groups is 4. The van der Waals surface area contributed by atoms with E-state index in [1.54, 1.807) is 6.08 Å². The van der Waals surface area contributed by atoms with Gasteiger partial charge in [0.1, 0.15) is 18.3 Å². The summed E-state index contributed by atoms with van der Waals surface area (Å²) in [6.07, 6.45) is 9.76. The molecular weight excluding hydrogens is 468 g/mol. The normalized spacial score (nSPS) is 23.4. The van der Waals surface area contributed by atoms with Crippen molar-refractivity contribution in [1.82, 2.24) is 0 Å². The number of hydrogen-bond acceptors (Lipinski definition) is 9. The van der Waals surface area contributed by atoms with Crippen LogP contribution in [0.4, 0.5) is 0 Å². The molecule has 1 N–H and O–H groups in total. The average Bonchev–Trinajstić information content (AvgIpc) is 3.10. The molecule has 0 bridgehead atoms. The van der Waals surface area contributed by atoms with Gasteiger partial charge in [-0.15, -0.1) is 0 Å². The van der Waals surface area contributed by atoms with Crippen molar-refractivity contribution in [3.63, 3.8) is 0 Å². The molecule has 0 aromatic carbocycles. The van der Waals surface area contributed by atoms with E-state index in [1.165, 1.54) is 27.9 Å². The van der Waals surface area contributed by atoms with Gasteiger partial charge in [-0.25, -0.2) is 0 Å². The minimum atomic E-state index is -0.769. The van der Waals surface area contributed by atoms with Gasteiger partial charge in [-0.1, -0.05) is 31.2 Å². The molecule has 1 aliphatic carbocycles. The van der Waals surface area contributed by atoms with E-state index in [0.717, 1.165) is 0 Å². The Morgan fingerprint density at radius 3 is 2.22 bits per heavy atom. The molecule has 0 aromatic heterocycles. The molecule has 0 heterocycles. The Morgan fingerprint density at radius 1 is 0.972 bits per heavy atom. The van der Waals surface area contributed by atoms with Gasteiger partial charge in [-0.2, -0.15) is 0 Å². The van der Waals surface area contributed by atoms with Crippen molar-refractivity contribution in [3.8, 4) is 0 Å². The molecule has 1 saturated carbocycles. The van der Waals surface area contributed by atoms with E-state index in [4.69, 9.17) is 14.2 Å². The number of unbranched alkanes of at least 4 members (excludes halogenated alkanes) is 1. The van der Waals surface area contributed by atoms with E-state index in [9.17, 15) is 24.3 Å². The number of hydrogen-bond donors (Lipinski definition) is 1. The number of aliphatic hydroxyl groups excluding tert-OH is 1. The monoisotopic (exact) mass is 510 g/mol. The fraction of sp³-hybridized carbons (Fsp3) is 0.704. The lowest BCUT2D eigenvalue weighted by Gasteiger charge is -2.23. The summed E-state index contributed by atoms with van der Waals surface area (Å²) < 4.78 is 21.0. The molecule has 204 valence electrons. The highest BCUT2D eigenvalue weighted by Crippen LogP contribution is 2.40. The molecule has 0 saturated heterocycles. The van der Waals surface area contributed by atoms with Crippen molar-refractivity contribution in [2.45, 2.75) is 103 Å². The molecule has 0 amide bonds. The maximum atomic E-state index is 11.7. The summed E-state index contributed by atoms with van der Waals surface area (Å²) in [5, 5.41) is 10.5. The zero-order valence-corrected chi connectivity index (χ0v) is 22.1. The minimum absolute atomic E-state index is 0.150. The Hall–Kier alpha value is -2.68. The second-order valence-electron chi connectivity index (χ2n) is 9.12. The topological polar surface area (TPSA) is 125 Å². The minimum Gasteiger partial charge on any atom is -0.469 e. The Morgan fingerprint density at radius 2 is 1.64 bits per heavy atom. The lowest BCUT2D eigenvalue weighted by molar-refractivity contribution is -0.150. The van der Waals surface area contributed by atoms with Crippen molar-refractivity contribution in [2.24, 2.45) is 11.8 Å². The van der Waals surface area contributed by atoms with Gasteiger partial charge in [-0.05, 0) is 38.5 Å². The molecule has 0 aliphatic heterocycles. The van der Waals surface area contributed by atoms with Gasteiger partial charge < -0.3 is 24.1 Å². The summed E-state index contributed by atoms with van der Waals surface area (Å²) in [6, 6.07) is 0. The van der Waals surface area contributed by atoms with Gasteiger partial charge in [0.05, 0.1) is 13.2 Å². The molecule has 6 atom stereocenters. The van der Waals surface area contributed by atoms with Crippen LogP contribution in [0.1, 0.15) is 79.1 Å². The molecule has 9 heteroatoms. The summed E-state index contributed by atoms with van der Waals surface area (Å²) in [4.78, 5) is 45.9. The van der Waals surface area contributed by atoms with Crippen LogP contribution in [0, 0.1) is 11.8 Å². The summed E-state index contributed by atoms with van der Waals surface area (Å²) in [6.45, 7) is 5.97. The third-order valence-electron chi connectivity index (χ3n) is 6.18. The van der Waals surface area contributed by atoms with E-state index < -0.39 is 30.3 Å². The predicted octanol–water partition coefficient (Wildman–Crippen LogP) is 3.81. The SMILES string of the molecule is CCC(CCC(O)C=CC1C(OC(C)=O)CC(OC(C)=O)C1CC=CCCCC(=O)OC)OC(C)=O. The van der Waals surface area contributed by atoms with Crippen LogP contribution in [0.15, 0.2) is 24.3 Å². The van der Waals surface area contributed by atoms with Crippen molar-refractivity contribution in [1.29, 1.82) is 0 Å². The number of rotatable bonds is 15. The van der Waals surface area contributed by atoms with E-state index in [1.807, 2.05) is 25.2 Å². The molecule has 36 heavy (non-hydrogen) atoms. The Kier molecular flexibility index (Phi) is 14.7. The first-order valence-electron chi connectivity index (χ1n) is 12.7. The largest absolute Gasteiger partial charge is 0.469 e. The first kappa shape index (κ1) is 31.4. The maximum Gasteiger partial charge on any atom is 0.305 e. The summed E-state index contributed by atoms with van der Waals surface area (Å²) in [5.41, 5.74) is 0. The second kappa shape index (κ2) is 16.9. The molecule has 1 aliphatic rings. The molecule has 1 rings (SSSR count). The van der Waals surface area contributed by atoms with Crippen molar-refractivity contribution in [3.05, 3.63) is 24.3 Å². The first-order valence-corrected chi connectivity index (χ1v) is 12.7. The van der Waals surface area contributed by atoms with E-state index in [0.29, 0.717) is 51.4 Å². The zero-order valence-electron chi connectivity index (χ0n) is 22.1. The highest BCUT2D eigenvalue weighted by atomic mass is 16.6. The second-order valence-corrected chi connectivity index (χ2v) is 9.12. The lowest BCUT2D eigenvalue weighted by Crippen LogP contribution is -2.25. The number of carbonyl (C=O) groups excluding carboxylic acids is 4. The molecular formula is C27H42O9. The smallest absolute Gasteiger partial charge is 0.305 e. The molecule has 6 unspecified atom stereocenters. The molecule has 0 radical (unpaired) electrons. The molecule has 0 aromatic rings. The summed E-state index contributed by atoms with van der Waals surface area (Å²) >= 11 is 0. The Labute approximate surface area is 214 Å². The number of ether oxygens (including phenoxy) is 4. The van der Waals surface area contributed by atoms with E-state index in [2.05, 4.69) is 4.74 Å². The number of esters is 4. The van der Waals surface area contributed by atoms with Gasteiger partial charge in [0.15, 0.2) is 0 Å². The van der Waals surface area contributed by atoms with Crippen molar-refractivity contribution in [2.75, 3.05) is 7.11 Å². The van der Waals surface area contributed by atoms with Gasteiger partial charge in [-0.3, -0.25) is 19.2 Å². The van der Waals surface area contributed by atoms with Crippen molar-refractivity contribution >= 4 is 23.9 Å². The zero-order chi connectivity index (χ0) is 27.1. The highest BCUT2D eigenvalue weighted by Gasteiger charge is 2.45. The first-order chi connectivity index (χ1) is 17.1. The quantitative estimate of drug-likeness (QED) is 0.151. The number of aliphatic hydroxyl groups is 1. The summed E-state index contributed by atoms with van der Waals surface area (Å²) in [7, 11) is 1.36. The van der Waals surface area contributed by atoms with Crippen LogP contribution in [0.3, 0.4) is 0 Å². The maximum absolute atomic E-state index is 11.7. The van der Waals surface area contributed by atoms with Crippen LogP contribution in [0.25, 0.3) is 0 Å². The van der Waals surface area contributed by atoms with Crippen LogP contribution < -0.4 is 0 Å². The average molecular weight is 511 g/mol. The van der Waals surface area contributed by atoms with Gasteiger partial charge >= 0.3 is 23.9 Å². The van der Waals surface area contributed by atoms with Crippen LogP contribution in [0.5, 0.6) is 0 Å². The fourth-order valence-corrected chi connectivity index (χ4v) is 4.48. The van der Waals surface area contributed by atoms with Gasteiger partial charge in [0.25, 0.3) is 0 Å². The standard InChI is InChI=1S/C27H42O9/c1-6-22(34-18(2)28)15-13-21(31)14-16-24-23(11-9-7-8-10-12-27(32)33-5)25(35-19(3)29)17-26(24)36-20(4)30/h7,9,14,16,21-26,31H,6,8,10-13,15,17H2,1-5H3. The molecule has 9 nitrogen and oxygen atoms in total. The Bertz CT molecular complexity index is 773. The van der Waals surface area contributed by atoms with Crippen molar-refractivity contribution < 1.29 is 43.2 Å². The Balaban J connectivity index is 2.91. The summed E-state index contributed by atoms with van der Waals surface area (Å²) in [5.74, 6) is -1.84. The van der Waals surface area contributed by atoms with Crippen LogP contribution in [0.2, 0.25) is 0 Å². The number of allylic oxidation sites excluding steroid dienone is 2. The van der Waals surface area contributed by atoms with E-state index >= 15 is 0 Å². The predicted molar refractivity (Wildman–Crippen MR) is 133 cm³/mol. The molecule has 1 fully saturated rings. The lowest BCUT2D eigenvalue weighted by atomic mass is 9.89. The highest BCUT2D eigenvalue weighted by molar-refractivity contribution is 5.69. The van der Waals surface area contributed by atoms with Crippen LogP contribution in [-0.4, -0.2) is 60.5 Å². The van der Waals surface area contributed by atoms with Crippen LogP contribution in [-0.2, 0) is 38.1 Å². The van der Waals surface area contributed by atoms with Crippen LogP contribution >= 0.6 is 0 Å². The van der Waals surface area contributed by atoms with Gasteiger partial charge in [0.2, 0.25) is 0 Å². The molecule has 0 spiro atoms. The third kappa shape index (κ3) is 12.3. The fourth-order valence-electron chi connectivity index (χ4n) is 4.48. The third-order valence-corrected chi connectivity index (χ3v) is 6.18.